The molecular weight excluding hydrogens is 334 g/mol. The predicted octanol–water partition coefficient (Wildman–Crippen LogP) is 3.47. The molecule has 1 aliphatic rings. The van der Waals surface area contributed by atoms with Crippen LogP contribution in [-0.2, 0) is 18.9 Å². The topological polar surface area (TPSA) is 57.2 Å². The molecule has 0 bridgehead atoms. The number of phenols is 1. The van der Waals surface area contributed by atoms with E-state index >= 15 is 0 Å². The molecule has 2 atom stereocenters. The highest BCUT2D eigenvalue weighted by atomic mass is 19.3. The maximum atomic E-state index is 12.9. The lowest BCUT2D eigenvalue weighted by molar-refractivity contribution is -0.324. The first kappa shape index (κ1) is 19.1. The summed E-state index contributed by atoms with van der Waals surface area (Å²) in [7, 11) is 3.94. The third-order valence-corrected chi connectivity index (χ3v) is 3.74. The van der Waals surface area contributed by atoms with E-state index in [1.54, 1.807) is 36.4 Å². The minimum Gasteiger partial charge on any atom is -0.508 e. The molecule has 25 heavy (non-hydrogen) atoms. The summed E-state index contributed by atoms with van der Waals surface area (Å²) in [5, 5.41) is 9.49. The van der Waals surface area contributed by atoms with Gasteiger partial charge in [-0.25, -0.2) is 0 Å². The van der Waals surface area contributed by atoms with Gasteiger partial charge < -0.3 is 19.3 Å². The van der Waals surface area contributed by atoms with Crippen LogP contribution in [0.15, 0.2) is 53.8 Å². The van der Waals surface area contributed by atoms with Crippen LogP contribution in [0.3, 0.4) is 0 Å². The number of hydrogen-bond acceptors (Lipinski definition) is 5. The highest BCUT2D eigenvalue weighted by molar-refractivity contribution is 5.57. The van der Waals surface area contributed by atoms with Gasteiger partial charge in [-0.1, -0.05) is 24.3 Å². The lowest BCUT2D eigenvalue weighted by atomic mass is 9.95. The number of alkyl halides is 2. The van der Waals surface area contributed by atoms with Crippen molar-refractivity contribution in [3.63, 3.8) is 0 Å². The summed E-state index contributed by atoms with van der Waals surface area (Å²) in [5.41, 5.74) is 1.42. The van der Waals surface area contributed by atoms with Gasteiger partial charge in [0.2, 0.25) is 0 Å². The number of ether oxygens (including phenoxy) is 4. The van der Waals surface area contributed by atoms with Gasteiger partial charge >= 0.3 is 6.61 Å². The van der Waals surface area contributed by atoms with Gasteiger partial charge in [-0.05, 0) is 35.4 Å². The summed E-state index contributed by atoms with van der Waals surface area (Å²) < 4.78 is 46.1. The average molecular weight is 354 g/mol. The van der Waals surface area contributed by atoms with Gasteiger partial charge in [0, 0.05) is 14.2 Å². The van der Waals surface area contributed by atoms with Crippen LogP contribution in [-0.4, -0.2) is 44.9 Å². The number of rotatable bonds is 7. The molecule has 0 spiro atoms. The molecule has 2 unspecified atom stereocenters. The van der Waals surface area contributed by atoms with Crippen molar-refractivity contribution in [3.05, 3.63) is 59.4 Å². The predicted molar refractivity (Wildman–Crippen MR) is 87.9 cm³/mol. The Labute approximate surface area is 144 Å². The average Bonchev–Trinajstić information content (AvgIpc) is 2.59. The molecule has 1 aliphatic carbocycles. The molecule has 136 valence electrons. The fourth-order valence-electron chi connectivity index (χ4n) is 2.60. The standard InChI is InChI=1S/C18H20F2O5/c1-22-15-10-13(8-7-12-5-4-6-14(21)9-12)11-16(23-2)18(15,24-3)25-17(19)20/h4-11,15,17,21H,1-3H3/b8-7+. The molecule has 0 saturated heterocycles. The highest BCUT2D eigenvalue weighted by Crippen LogP contribution is 2.37. The number of methoxy groups -OCH3 is 3. The van der Waals surface area contributed by atoms with Crippen molar-refractivity contribution in [3.8, 4) is 5.75 Å². The Hall–Kier alpha value is -2.22. The highest BCUT2D eigenvalue weighted by Gasteiger charge is 2.49. The van der Waals surface area contributed by atoms with Gasteiger partial charge in [0.15, 0.2) is 5.76 Å². The maximum absolute atomic E-state index is 12.9. The van der Waals surface area contributed by atoms with E-state index in [4.69, 9.17) is 14.2 Å². The normalized spacial score (nSPS) is 23.7. The zero-order valence-electron chi connectivity index (χ0n) is 14.1. The Balaban J connectivity index is 2.35. The van der Waals surface area contributed by atoms with Crippen molar-refractivity contribution >= 4 is 6.08 Å². The second-order valence-corrected chi connectivity index (χ2v) is 5.21. The van der Waals surface area contributed by atoms with Crippen molar-refractivity contribution < 1.29 is 32.8 Å². The summed E-state index contributed by atoms with van der Waals surface area (Å²) in [6.45, 7) is -3.08. The summed E-state index contributed by atoms with van der Waals surface area (Å²) >= 11 is 0. The Bertz CT molecular complexity index is 684. The largest absolute Gasteiger partial charge is 0.508 e. The van der Waals surface area contributed by atoms with Crippen molar-refractivity contribution in [2.24, 2.45) is 0 Å². The van der Waals surface area contributed by atoms with Crippen LogP contribution in [0, 0.1) is 0 Å². The Morgan fingerprint density at radius 1 is 1.20 bits per heavy atom. The van der Waals surface area contributed by atoms with Gasteiger partial charge in [-0.15, -0.1) is 0 Å². The molecule has 0 radical (unpaired) electrons. The van der Waals surface area contributed by atoms with Crippen molar-refractivity contribution in [2.45, 2.75) is 18.5 Å². The smallest absolute Gasteiger partial charge is 0.348 e. The van der Waals surface area contributed by atoms with Crippen molar-refractivity contribution in [1.29, 1.82) is 0 Å². The van der Waals surface area contributed by atoms with Crippen molar-refractivity contribution in [2.75, 3.05) is 21.3 Å². The van der Waals surface area contributed by atoms with Gasteiger partial charge in [-0.3, -0.25) is 4.74 Å². The van der Waals surface area contributed by atoms with E-state index in [1.807, 2.05) is 6.07 Å². The lowest BCUT2D eigenvalue weighted by Gasteiger charge is -2.39. The van der Waals surface area contributed by atoms with E-state index in [-0.39, 0.29) is 11.5 Å². The first-order chi connectivity index (χ1) is 11.9. The van der Waals surface area contributed by atoms with Crippen LogP contribution in [0.1, 0.15) is 5.56 Å². The number of halogens is 2. The van der Waals surface area contributed by atoms with E-state index in [0.29, 0.717) is 5.57 Å². The zero-order chi connectivity index (χ0) is 18.4. The summed E-state index contributed by atoms with van der Waals surface area (Å²) in [4.78, 5) is 0. The molecular formula is C18H20F2O5. The third-order valence-electron chi connectivity index (χ3n) is 3.74. The summed E-state index contributed by atoms with van der Waals surface area (Å²) in [5.74, 6) is -1.67. The molecule has 1 aromatic rings. The lowest BCUT2D eigenvalue weighted by Crippen LogP contribution is -2.51. The fraction of sp³-hybridized carbons (Fsp3) is 0.333. The molecule has 1 aromatic carbocycles. The molecule has 1 N–H and O–H groups in total. The van der Waals surface area contributed by atoms with E-state index in [1.165, 1.54) is 27.4 Å². The minimum atomic E-state index is -3.08. The fourth-order valence-corrected chi connectivity index (χ4v) is 2.60. The van der Waals surface area contributed by atoms with E-state index in [2.05, 4.69) is 4.74 Å². The van der Waals surface area contributed by atoms with Crippen LogP contribution in [0.2, 0.25) is 0 Å². The second-order valence-electron chi connectivity index (χ2n) is 5.21. The van der Waals surface area contributed by atoms with Crippen LogP contribution in [0.25, 0.3) is 6.08 Å². The molecule has 0 aliphatic heterocycles. The molecule has 0 aromatic heterocycles. The number of aromatic hydroxyl groups is 1. The maximum Gasteiger partial charge on any atom is 0.348 e. The SMILES string of the molecule is COC1=CC(/C=C/c2cccc(O)c2)=CC(OC)C1(OC)OC(F)F. The zero-order valence-corrected chi connectivity index (χ0v) is 14.1. The Kier molecular flexibility index (Phi) is 6.30. The van der Waals surface area contributed by atoms with Gasteiger partial charge in [0.25, 0.3) is 5.79 Å². The summed E-state index contributed by atoms with van der Waals surface area (Å²) in [6, 6.07) is 6.68. The van der Waals surface area contributed by atoms with Crippen molar-refractivity contribution in [1.82, 2.24) is 0 Å². The first-order valence-electron chi connectivity index (χ1n) is 7.44. The molecule has 7 heteroatoms. The molecule has 0 saturated carbocycles. The minimum absolute atomic E-state index is 0.0557. The quantitative estimate of drug-likeness (QED) is 0.760. The molecule has 0 heterocycles. The van der Waals surface area contributed by atoms with Gasteiger partial charge in [0.05, 0.1) is 7.11 Å². The molecule has 0 amide bonds. The number of allylic oxidation sites excluding steroid dienone is 3. The Morgan fingerprint density at radius 3 is 2.52 bits per heavy atom. The third kappa shape index (κ3) is 4.25. The second kappa shape index (κ2) is 8.24. The van der Waals surface area contributed by atoms with Crippen LogP contribution in [0.4, 0.5) is 8.78 Å². The Morgan fingerprint density at radius 2 is 1.96 bits per heavy atom. The first-order valence-corrected chi connectivity index (χ1v) is 7.44. The van der Waals surface area contributed by atoms with E-state index in [0.717, 1.165) is 5.56 Å². The summed E-state index contributed by atoms with van der Waals surface area (Å²) in [6.07, 6.45) is 5.67. The van der Waals surface area contributed by atoms with Gasteiger partial charge in [-0.2, -0.15) is 8.78 Å². The monoisotopic (exact) mass is 354 g/mol. The van der Waals surface area contributed by atoms with Crippen LogP contribution >= 0.6 is 0 Å². The van der Waals surface area contributed by atoms with Crippen LogP contribution < -0.4 is 0 Å². The molecule has 5 nitrogen and oxygen atoms in total. The van der Waals surface area contributed by atoms with Crippen LogP contribution in [0.5, 0.6) is 5.75 Å². The number of phenolic OH excluding ortho intramolecular Hbond substituents is 1. The van der Waals surface area contributed by atoms with E-state index in [9.17, 15) is 13.9 Å². The molecule has 0 fully saturated rings. The number of benzene rings is 1. The van der Waals surface area contributed by atoms with Gasteiger partial charge in [0.1, 0.15) is 11.9 Å². The molecule has 2 rings (SSSR count). The number of hydrogen-bond donors (Lipinski definition) is 1. The van der Waals surface area contributed by atoms with E-state index < -0.39 is 18.5 Å².